The minimum absolute atomic E-state index is 0.0366. The van der Waals surface area contributed by atoms with E-state index >= 15 is 0 Å². The van der Waals surface area contributed by atoms with E-state index in [9.17, 15) is 18.0 Å². The first-order valence-corrected chi connectivity index (χ1v) is 13.6. The lowest BCUT2D eigenvalue weighted by Gasteiger charge is -2.17. The van der Waals surface area contributed by atoms with Crippen LogP contribution < -0.4 is 15.1 Å². The van der Waals surface area contributed by atoms with Gasteiger partial charge in [-0.15, -0.1) is 0 Å². The monoisotopic (exact) mass is 539 g/mol. The summed E-state index contributed by atoms with van der Waals surface area (Å²) in [5.74, 6) is -0.871. The predicted molar refractivity (Wildman–Crippen MR) is 143 cm³/mol. The summed E-state index contributed by atoms with van der Waals surface area (Å²) in [7, 11) is -3.96. The molecule has 1 aromatic heterocycles. The number of benzene rings is 3. The number of esters is 1. The average Bonchev–Trinajstić information content (AvgIpc) is 2.87. The lowest BCUT2D eigenvalue weighted by molar-refractivity contribution is -0.136. The van der Waals surface area contributed by atoms with Crippen molar-refractivity contribution in [1.82, 2.24) is 4.72 Å². The molecule has 3 aromatic carbocycles. The van der Waals surface area contributed by atoms with Crippen LogP contribution in [0.4, 0.5) is 0 Å². The molecule has 0 aliphatic carbocycles. The lowest BCUT2D eigenvalue weighted by atomic mass is 9.99. The van der Waals surface area contributed by atoms with Gasteiger partial charge in [-0.2, -0.15) is 4.72 Å². The van der Waals surface area contributed by atoms with Crippen molar-refractivity contribution in [2.45, 2.75) is 44.6 Å². The van der Waals surface area contributed by atoms with Crippen molar-refractivity contribution in [3.63, 3.8) is 0 Å². The number of ether oxygens (including phenoxy) is 1. The first-order chi connectivity index (χ1) is 17.6. The Bertz CT molecular complexity index is 1610. The summed E-state index contributed by atoms with van der Waals surface area (Å²) in [4.78, 5) is 25.7. The number of nitrogens with one attached hydrogen (secondary N) is 1. The summed E-state index contributed by atoms with van der Waals surface area (Å²) in [5.41, 5.74) is 2.81. The summed E-state index contributed by atoms with van der Waals surface area (Å²) in [5, 5.41) is 0.738. The van der Waals surface area contributed by atoms with Crippen LogP contribution in [0.2, 0.25) is 5.02 Å². The zero-order valence-electron chi connectivity index (χ0n) is 20.6. The molecule has 9 heteroatoms. The topological polar surface area (TPSA) is 103 Å². The van der Waals surface area contributed by atoms with Crippen LogP contribution in [0.25, 0.3) is 11.0 Å². The Hall–Kier alpha value is -3.46. The predicted octanol–water partition coefficient (Wildman–Crippen LogP) is 5.32. The first kappa shape index (κ1) is 26.6. The van der Waals surface area contributed by atoms with Crippen LogP contribution in [0.15, 0.2) is 80.8 Å². The summed E-state index contributed by atoms with van der Waals surface area (Å²) in [6.07, 6.45) is 0.546. The van der Waals surface area contributed by atoms with Crippen LogP contribution in [-0.2, 0) is 21.2 Å². The van der Waals surface area contributed by atoms with Gasteiger partial charge in [0.25, 0.3) is 0 Å². The van der Waals surface area contributed by atoms with E-state index < -0.39 is 27.7 Å². The Morgan fingerprint density at radius 3 is 2.38 bits per heavy atom. The van der Waals surface area contributed by atoms with Gasteiger partial charge in [-0.25, -0.2) is 18.0 Å². The van der Waals surface area contributed by atoms with E-state index in [1.807, 2.05) is 44.2 Å². The molecule has 1 heterocycles. The van der Waals surface area contributed by atoms with Crippen molar-refractivity contribution in [2.24, 2.45) is 0 Å². The lowest BCUT2D eigenvalue weighted by Crippen LogP contribution is -2.42. The highest BCUT2D eigenvalue weighted by molar-refractivity contribution is 7.89. The van der Waals surface area contributed by atoms with Crippen molar-refractivity contribution in [3.05, 3.63) is 104 Å². The molecule has 0 saturated heterocycles. The first-order valence-electron chi connectivity index (χ1n) is 11.7. The number of halogens is 1. The minimum atomic E-state index is -3.96. The van der Waals surface area contributed by atoms with Gasteiger partial charge < -0.3 is 9.15 Å². The second-order valence-corrected chi connectivity index (χ2v) is 10.9. The molecule has 4 rings (SSSR count). The maximum atomic E-state index is 12.9. The van der Waals surface area contributed by atoms with Gasteiger partial charge in [0.2, 0.25) is 10.0 Å². The van der Waals surface area contributed by atoms with Crippen molar-refractivity contribution in [2.75, 3.05) is 0 Å². The highest BCUT2D eigenvalue weighted by Gasteiger charge is 2.27. The molecule has 0 saturated carbocycles. The zero-order chi connectivity index (χ0) is 26.7. The molecule has 4 aromatic rings. The number of carbonyl (C=O) groups excluding carboxylic acids is 1. The van der Waals surface area contributed by atoms with E-state index in [4.69, 9.17) is 20.8 Å². The number of aryl methyl sites for hydroxylation is 2. The normalized spacial score (nSPS) is 12.4. The summed E-state index contributed by atoms with van der Waals surface area (Å²) < 4.78 is 38.9. The molecule has 1 N–H and O–H groups in total. The van der Waals surface area contributed by atoms with Gasteiger partial charge in [0.15, 0.2) is 5.75 Å². The minimum Gasteiger partial charge on any atom is -0.424 e. The number of hydrogen-bond acceptors (Lipinski definition) is 6. The van der Waals surface area contributed by atoms with E-state index in [0.29, 0.717) is 22.9 Å². The molecule has 1 unspecified atom stereocenters. The highest BCUT2D eigenvalue weighted by atomic mass is 35.5. The number of carbonyl (C=O) groups is 1. The second kappa shape index (κ2) is 10.9. The van der Waals surface area contributed by atoms with Gasteiger partial charge in [0.05, 0.1) is 9.92 Å². The van der Waals surface area contributed by atoms with E-state index in [-0.39, 0.29) is 27.7 Å². The largest absolute Gasteiger partial charge is 0.424 e. The highest BCUT2D eigenvalue weighted by Crippen LogP contribution is 2.32. The molecule has 0 fully saturated rings. The van der Waals surface area contributed by atoms with E-state index in [2.05, 4.69) is 4.72 Å². The van der Waals surface area contributed by atoms with E-state index in [1.54, 1.807) is 25.1 Å². The van der Waals surface area contributed by atoms with Crippen LogP contribution in [-0.4, -0.2) is 20.4 Å². The summed E-state index contributed by atoms with van der Waals surface area (Å²) in [6, 6.07) is 17.6. The average molecular weight is 540 g/mol. The van der Waals surface area contributed by atoms with Crippen molar-refractivity contribution >= 4 is 38.6 Å². The van der Waals surface area contributed by atoms with Gasteiger partial charge in [-0.1, -0.05) is 66.6 Å². The molecule has 1 atom stereocenters. The fourth-order valence-corrected chi connectivity index (χ4v) is 5.39. The third kappa shape index (κ3) is 5.93. The fraction of sp³-hybridized carbons (Fsp3) is 0.214. The quantitative estimate of drug-likeness (QED) is 0.185. The van der Waals surface area contributed by atoms with Gasteiger partial charge in [0.1, 0.15) is 11.6 Å². The Morgan fingerprint density at radius 1 is 1.05 bits per heavy atom. The van der Waals surface area contributed by atoms with Crippen LogP contribution in [0.1, 0.15) is 35.6 Å². The number of fused-ring (bicyclic) bond motifs is 1. The molecule has 0 amide bonds. The van der Waals surface area contributed by atoms with Gasteiger partial charge >= 0.3 is 11.6 Å². The molecule has 0 aliphatic rings. The molecule has 37 heavy (non-hydrogen) atoms. The SMILES string of the molecule is CCC(NS(=O)(=O)c1ccc(C)cc1)C(=O)Oc1cc2oc(=O)c(Cc3ccccc3)c(C)c2cc1Cl. The molecule has 0 bridgehead atoms. The van der Waals surface area contributed by atoms with Gasteiger partial charge in [-0.3, -0.25) is 0 Å². The van der Waals surface area contributed by atoms with Crippen molar-refractivity contribution < 1.29 is 22.4 Å². The molecule has 192 valence electrons. The number of sulfonamides is 1. The maximum absolute atomic E-state index is 12.9. The molecule has 0 spiro atoms. The smallest absolute Gasteiger partial charge is 0.340 e. The van der Waals surface area contributed by atoms with Gasteiger partial charge in [-0.05, 0) is 49.6 Å². The Balaban J connectivity index is 1.59. The molecule has 7 nitrogen and oxygen atoms in total. The molecular weight excluding hydrogens is 514 g/mol. The molecule has 0 aliphatic heterocycles. The Labute approximate surface area is 220 Å². The van der Waals surface area contributed by atoms with E-state index in [0.717, 1.165) is 11.1 Å². The third-order valence-electron chi connectivity index (χ3n) is 6.10. The fourth-order valence-electron chi connectivity index (χ4n) is 3.92. The van der Waals surface area contributed by atoms with Crippen molar-refractivity contribution in [1.29, 1.82) is 0 Å². The van der Waals surface area contributed by atoms with Crippen LogP contribution in [0, 0.1) is 13.8 Å². The standard InChI is InChI=1S/C28H26ClNO6S/c1-4-24(30-37(33,34)20-12-10-17(2)11-13-20)28(32)36-26-16-25-21(15-23(26)29)18(3)22(27(31)35-25)14-19-8-6-5-7-9-19/h5-13,15-16,24,30H,4,14H2,1-3H3. The number of rotatable bonds is 8. The van der Waals surface area contributed by atoms with Crippen LogP contribution in [0.5, 0.6) is 5.75 Å². The second-order valence-electron chi connectivity index (χ2n) is 8.75. The van der Waals surface area contributed by atoms with E-state index in [1.165, 1.54) is 18.2 Å². The van der Waals surface area contributed by atoms with Crippen molar-refractivity contribution in [3.8, 4) is 5.75 Å². The van der Waals surface area contributed by atoms with Gasteiger partial charge in [0, 0.05) is 23.4 Å². The Morgan fingerprint density at radius 2 is 1.73 bits per heavy atom. The molecular formula is C28H26ClNO6S. The Kier molecular flexibility index (Phi) is 7.82. The molecule has 0 radical (unpaired) electrons. The number of hydrogen-bond donors (Lipinski definition) is 1. The summed E-state index contributed by atoms with van der Waals surface area (Å²) in [6.45, 7) is 5.31. The zero-order valence-corrected chi connectivity index (χ0v) is 22.2. The third-order valence-corrected chi connectivity index (χ3v) is 7.88. The van der Waals surface area contributed by atoms with Crippen LogP contribution >= 0.6 is 11.6 Å². The van der Waals surface area contributed by atoms with Crippen LogP contribution in [0.3, 0.4) is 0 Å². The summed E-state index contributed by atoms with van der Waals surface area (Å²) >= 11 is 6.43. The maximum Gasteiger partial charge on any atom is 0.340 e.